The molecule has 10 nitrogen and oxygen atoms in total. The van der Waals surface area contributed by atoms with Crippen LogP contribution in [-0.2, 0) is 50.0 Å². The van der Waals surface area contributed by atoms with Crippen LogP contribution in [0.25, 0.3) is 10.8 Å². The van der Waals surface area contributed by atoms with Crippen LogP contribution >= 0.6 is 0 Å². The summed E-state index contributed by atoms with van der Waals surface area (Å²) in [6.07, 6.45) is 0.962. The number of nitrogen functional groups attached to an aromatic ring is 1. The average molecular weight is 605 g/mol. The zero-order valence-corrected chi connectivity index (χ0v) is 22.2. The minimum atomic E-state index is -3.87. The van der Waals surface area contributed by atoms with Crippen LogP contribution < -0.4 is 5.73 Å². The van der Waals surface area contributed by atoms with Gasteiger partial charge in [-0.1, -0.05) is 42.5 Å². The van der Waals surface area contributed by atoms with Crippen LogP contribution in [0, 0.1) is 0 Å². The number of phenolic OH excluding ortho intramolecular Hbond substituents is 1. The van der Waals surface area contributed by atoms with E-state index < -0.39 is 26.3 Å². The summed E-state index contributed by atoms with van der Waals surface area (Å²) in [6.45, 7) is 0. The van der Waals surface area contributed by atoms with Crippen molar-refractivity contribution in [2.75, 3.05) is 12.0 Å². The van der Waals surface area contributed by atoms with Gasteiger partial charge in [0.2, 0.25) is 0 Å². The largest absolute Gasteiger partial charge is 0.505 e. The molecule has 4 aromatic rings. The molecule has 0 saturated heterocycles. The number of rotatable bonds is 6. The van der Waals surface area contributed by atoms with Gasteiger partial charge < -0.3 is 19.3 Å². The van der Waals surface area contributed by atoms with Gasteiger partial charge in [-0.3, -0.25) is 0 Å². The van der Waals surface area contributed by atoms with Gasteiger partial charge in [-0.15, -0.1) is 10.2 Å². The molecule has 3 N–H and O–H groups in total. The van der Waals surface area contributed by atoms with Crippen molar-refractivity contribution in [3.63, 3.8) is 0 Å². The Morgan fingerprint density at radius 2 is 1.31 bits per heavy atom. The van der Waals surface area contributed by atoms with Crippen LogP contribution in [0.4, 0.5) is 28.4 Å². The van der Waals surface area contributed by atoms with E-state index in [9.17, 15) is 21.9 Å². The van der Waals surface area contributed by atoms with Crippen molar-refractivity contribution >= 4 is 59.8 Å². The van der Waals surface area contributed by atoms with Crippen LogP contribution in [0.3, 0.4) is 0 Å². The molecule has 0 amide bonds. The number of benzene rings is 4. The SMILES string of the molecule is CS(=O)(=O)c1cc2cc([S-](=O)=O)c(N=Nc3ccccc3)c(O)c2c(N)c1N=Nc1ccccc1.[Mo]. The van der Waals surface area contributed by atoms with Gasteiger partial charge in [0.1, 0.15) is 11.4 Å². The number of fused-ring (bicyclic) bond motifs is 1. The van der Waals surface area contributed by atoms with E-state index in [-0.39, 0.29) is 58.7 Å². The van der Waals surface area contributed by atoms with Crippen LogP contribution in [0.15, 0.2) is 103 Å². The molecule has 4 aromatic carbocycles. The summed E-state index contributed by atoms with van der Waals surface area (Å²) in [6, 6.07) is 19.4. The number of hydrogen-bond acceptors (Lipinski definition) is 11. The van der Waals surface area contributed by atoms with Gasteiger partial charge in [0.15, 0.2) is 15.6 Å². The molecular weight excluding hydrogens is 586 g/mol. The zero-order chi connectivity index (χ0) is 25.2. The van der Waals surface area contributed by atoms with Crippen molar-refractivity contribution in [3.05, 3.63) is 72.8 Å². The summed E-state index contributed by atoms with van der Waals surface area (Å²) in [5.74, 6) is -0.588. The Labute approximate surface area is 222 Å². The number of aromatic hydroxyl groups is 1. The number of nitrogens with zero attached hydrogens (tertiary/aromatic N) is 4. The van der Waals surface area contributed by atoms with Crippen molar-refractivity contribution in [2.45, 2.75) is 9.79 Å². The molecule has 0 spiro atoms. The van der Waals surface area contributed by atoms with Crippen LogP contribution in [0.2, 0.25) is 0 Å². The van der Waals surface area contributed by atoms with Crippen molar-refractivity contribution < 1.29 is 43.0 Å². The Hall–Kier alpha value is -3.47. The maximum Gasteiger partial charge on any atom is 0.177 e. The molecule has 0 fully saturated rings. The van der Waals surface area contributed by atoms with Gasteiger partial charge in [-0.2, -0.15) is 10.2 Å². The molecule has 0 aliphatic heterocycles. The topological polar surface area (TPSA) is 164 Å². The summed E-state index contributed by atoms with van der Waals surface area (Å²) >= 11 is 0. The minimum Gasteiger partial charge on any atom is -0.505 e. The molecule has 0 saturated carbocycles. The number of sulfone groups is 1. The molecule has 0 bridgehead atoms. The summed E-state index contributed by atoms with van der Waals surface area (Å²) in [5, 5.41) is 27.1. The summed E-state index contributed by atoms with van der Waals surface area (Å²) < 4.78 is 48.9. The Morgan fingerprint density at radius 3 is 1.78 bits per heavy atom. The Morgan fingerprint density at radius 1 is 0.806 bits per heavy atom. The van der Waals surface area contributed by atoms with Crippen LogP contribution in [0.1, 0.15) is 0 Å². The molecular formula is C23H18MoN5O5S2-. The quantitative estimate of drug-likeness (QED) is 0.118. The molecule has 0 aromatic heterocycles. The van der Waals surface area contributed by atoms with E-state index in [1.807, 2.05) is 0 Å². The number of anilines is 1. The second-order valence-electron chi connectivity index (χ2n) is 7.38. The molecule has 36 heavy (non-hydrogen) atoms. The third-order valence-electron chi connectivity index (χ3n) is 4.94. The predicted octanol–water partition coefficient (Wildman–Crippen LogP) is 6.03. The Balaban J connectivity index is 0.00000361. The smallest absolute Gasteiger partial charge is 0.177 e. The summed E-state index contributed by atoms with van der Waals surface area (Å²) in [7, 11) is -6.69. The van der Waals surface area contributed by atoms with E-state index in [0.29, 0.717) is 11.4 Å². The second kappa shape index (κ2) is 11.1. The summed E-state index contributed by atoms with van der Waals surface area (Å²) in [5.41, 5.74) is 6.40. The first-order valence-electron chi connectivity index (χ1n) is 10.0. The average Bonchev–Trinajstić information content (AvgIpc) is 2.83. The van der Waals surface area contributed by atoms with Gasteiger partial charge in [0.05, 0.1) is 27.3 Å². The standard InChI is InChI=1S/C23H18N5O5S2.Mo/c1-35(32,33)18-13-14-12-17(34(30)31)21(27-25-15-8-4-2-5-9-15)23(29)19(14)20(24)22(18)28-26-16-10-6-3-7-11-16;/h2-13,29H,24H2,1H3;/q-1;. The van der Waals surface area contributed by atoms with E-state index in [1.165, 1.54) is 12.1 Å². The van der Waals surface area contributed by atoms with E-state index >= 15 is 0 Å². The number of phenols is 1. The van der Waals surface area contributed by atoms with Crippen LogP contribution in [-0.4, -0.2) is 19.8 Å². The molecule has 0 aliphatic rings. The van der Waals surface area contributed by atoms with E-state index in [0.717, 1.165) is 6.26 Å². The van der Waals surface area contributed by atoms with Gasteiger partial charge in [0.25, 0.3) is 0 Å². The Bertz CT molecular complexity index is 1670. The van der Waals surface area contributed by atoms with Gasteiger partial charge >= 0.3 is 0 Å². The fourth-order valence-electron chi connectivity index (χ4n) is 3.33. The fourth-order valence-corrected chi connectivity index (χ4v) is 4.69. The molecule has 13 heteroatoms. The first kappa shape index (κ1) is 27.1. The third-order valence-corrected chi connectivity index (χ3v) is 6.72. The van der Waals surface area contributed by atoms with E-state index in [1.54, 1.807) is 60.7 Å². The maximum absolute atomic E-state index is 12.5. The second-order valence-corrected chi connectivity index (χ2v) is 10.3. The number of azo groups is 2. The number of hydrogen-bond donors (Lipinski definition) is 2. The third kappa shape index (κ3) is 5.67. The molecule has 0 atom stereocenters. The minimum absolute atomic E-state index is 0. The molecule has 0 radical (unpaired) electrons. The first-order chi connectivity index (χ1) is 16.7. The van der Waals surface area contributed by atoms with Gasteiger partial charge in [-0.25, -0.2) is 8.42 Å². The predicted molar refractivity (Wildman–Crippen MR) is 131 cm³/mol. The fraction of sp³-hybridized carbons (Fsp3) is 0.0435. The van der Waals surface area contributed by atoms with Crippen molar-refractivity contribution in [2.24, 2.45) is 20.5 Å². The zero-order valence-electron chi connectivity index (χ0n) is 18.6. The normalized spacial score (nSPS) is 11.9. The van der Waals surface area contributed by atoms with Crippen molar-refractivity contribution in [1.29, 1.82) is 0 Å². The van der Waals surface area contributed by atoms with Crippen LogP contribution in [0.5, 0.6) is 5.75 Å². The molecule has 184 valence electrons. The monoisotopic (exact) mass is 606 g/mol. The summed E-state index contributed by atoms with van der Waals surface area (Å²) in [4.78, 5) is -0.657. The molecule has 0 aliphatic carbocycles. The van der Waals surface area contributed by atoms with Crippen molar-refractivity contribution in [1.82, 2.24) is 0 Å². The first-order valence-corrected chi connectivity index (χ1v) is 13.0. The molecule has 4 rings (SSSR count). The van der Waals surface area contributed by atoms with Crippen molar-refractivity contribution in [3.8, 4) is 5.75 Å². The van der Waals surface area contributed by atoms with E-state index in [2.05, 4.69) is 20.5 Å². The van der Waals surface area contributed by atoms with E-state index in [4.69, 9.17) is 5.73 Å². The van der Waals surface area contributed by atoms with Gasteiger partial charge in [-0.05, 0) is 51.3 Å². The molecule has 0 heterocycles. The Kier molecular flexibility index (Phi) is 8.34. The maximum atomic E-state index is 12.5. The van der Waals surface area contributed by atoms with Gasteiger partial charge in [0, 0.05) is 27.3 Å². The number of nitrogens with two attached hydrogens (primary N) is 1. The molecule has 0 unspecified atom stereocenters.